The number of aryl methyl sites for hydroxylation is 1. The summed E-state index contributed by atoms with van der Waals surface area (Å²) in [5.41, 5.74) is -0.586. The molecule has 1 aromatic heterocycles. The summed E-state index contributed by atoms with van der Waals surface area (Å²) in [5, 5.41) is 10.6. The van der Waals surface area contributed by atoms with Crippen LogP contribution in [0.15, 0.2) is 10.9 Å². The van der Waals surface area contributed by atoms with Gasteiger partial charge in [-0.1, -0.05) is 12.8 Å². The summed E-state index contributed by atoms with van der Waals surface area (Å²) in [5.74, 6) is 1.71. The van der Waals surface area contributed by atoms with E-state index in [2.05, 4.69) is 14.9 Å². The molecule has 2 N–H and O–H groups in total. The second kappa shape index (κ2) is 4.63. The molecule has 0 spiro atoms. The highest BCUT2D eigenvalue weighted by atomic mass is 16.3. The first-order valence-electron chi connectivity index (χ1n) is 7.12. The van der Waals surface area contributed by atoms with Gasteiger partial charge in [-0.05, 0) is 26.2 Å². The smallest absolute Gasteiger partial charge is 0.252 e. The molecule has 2 heterocycles. The average Bonchev–Trinajstić information content (AvgIpc) is 2.36. The van der Waals surface area contributed by atoms with Crippen LogP contribution in [-0.4, -0.2) is 33.8 Å². The largest absolute Gasteiger partial charge is 0.389 e. The van der Waals surface area contributed by atoms with Gasteiger partial charge in [0.05, 0.1) is 5.60 Å². The molecule has 0 radical (unpaired) electrons. The van der Waals surface area contributed by atoms with Gasteiger partial charge in [-0.15, -0.1) is 0 Å². The molecule has 1 aliphatic carbocycles. The van der Waals surface area contributed by atoms with E-state index in [1.54, 1.807) is 13.0 Å². The Kier molecular flexibility index (Phi) is 3.09. The van der Waals surface area contributed by atoms with Crippen molar-refractivity contribution in [3.05, 3.63) is 22.2 Å². The number of hydrogen-bond donors (Lipinski definition) is 2. The van der Waals surface area contributed by atoms with E-state index in [1.807, 2.05) is 0 Å². The van der Waals surface area contributed by atoms with Crippen LogP contribution < -0.4 is 10.5 Å². The Labute approximate surface area is 112 Å². The minimum atomic E-state index is -0.481. The van der Waals surface area contributed by atoms with E-state index in [0.29, 0.717) is 11.7 Å². The SMILES string of the molecule is Cc1nc(N2CCC3(O)CCCCC3C2)cc(=O)[nH]1. The van der Waals surface area contributed by atoms with E-state index in [-0.39, 0.29) is 5.56 Å². The van der Waals surface area contributed by atoms with Crippen molar-refractivity contribution in [1.29, 1.82) is 0 Å². The number of fused-ring (bicyclic) bond motifs is 1. The fourth-order valence-electron chi connectivity index (χ4n) is 3.50. The quantitative estimate of drug-likeness (QED) is 0.799. The zero-order chi connectivity index (χ0) is 13.5. The number of aromatic nitrogens is 2. The lowest BCUT2D eigenvalue weighted by molar-refractivity contribution is -0.0613. The molecule has 1 saturated carbocycles. The van der Waals surface area contributed by atoms with Gasteiger partial charge in [0.15, 0.2) is 0 Å². The molecule has 0 aromatic carbocycles. The van der Waals surface area contributed by atoms with Gasteiger partial charge in [-0.25, -0.2) is 4.98 Å². The molecular formula is C14H21N3O2. The van der Waals surface area contributed by atoms with Crippen molar-refractivity contribution in [2.45, 2.75) is 44.6 Å². The summed E-state index contributed by atoms with van der Waals surface area (Å²) in [4.78, 5) is 20.8. The number of hydrogen-bond acceptors (Lipinski definition) is 4. The Morgan fingerprint density at radius 3 is 3.11 bits per heavy atom. The van der Waals surface area contributed by atoms with Gasteiger partial charge in [0.2, 0.25) is 0 Å². The van der Waals surface area contributed by atoms with Gasteiger partial charge in [0, 0.05) is 25.1 Å². The van der Waals surface area contributed by atoms with Gasteiger partial charge in [0.1, 0.15) is 11.6 Å². The van der Waals surface area contributed by atoms with Gasteiger partial charge < -0.3 is 15.0 Å². The lowest BCUT2D eigenvalue weighted by Crippen LogP contribution is -2.53. The Hall–Kier alpha value is -1.36. The van der Waals surface area contributed by atoms with Crippen LogP contribution in [-0.2, 0) is 0 Å². The molecule has 104 valence electrons. The molecular weight excluding hydrogens is 242 g/mol. The van der Waals surface area contributed by atoms with E-state index in [1.165, 1.54) is 6.42 Å². The molecule has 1 aromatic rings. The van der Waals surface area contributed by atoms with Crippen LogP contribution in [0.1, 0.15) is 37.9 Å². The van der Waals surface area contributed by atoms with Crippen LogP contribution in [0.3, 0.4) is 0 Å². The van der Waals surface area contributed by atoms with Crippen molar-refractivity contribution in [3.63, 3.8) is 0 Å². The number of H-pyrrole nitrogens is 1. The Bertz CT molecular complexity index is 528. The maximum absolute atomic E-state index is 11.5. The number of nitrogens with zero attached hydrogens (tertiary/aromatic N) is 2. The molecule has 1 saturated heterocycles. The van der Waals surface area contributed by atoms with Crippen LogP contribution in [0.25, 0.3) is 0 Å². The molecule has 2 aliphatic rings. The van der Waals surface area contributed by atoms with Crippen molar-refractivity contribution in [3.8, 4) is 0 Å². The summed E-state index contributed by atoms with van der Waals surface area (Å²) >= 11 is 0. The molecule has 3 rings (SSSR count). The third-order valence-corrected chi connectivity index (χ3v) is 4.60. The fraction of sp³-hybridized carbons (Fsp3) is 0.714. The lowest BCUT2D eigenvalue weighted by Gasteiger charge is -2.47. The third-order valence-electron chi connectivity index (χ3n) is 4.60. The van der Waals surface area contributed by atoms with E-state index >= 15 is 0 Å². The Morgan fingerprint density at radius 2 is 2.32 bits per heavy atom. The van der Waals surface area contributed by atoms with Crippen LogP contribution >= 0.6 is 0 Å². The van der Waals surface area contributed by atoms with E-state index in [0.717, 1.165) is 44.6 Å². The predicted octanol–water partition coefficient (Wildman–Crippen LogP) is 1.21. The zero-order valence-electron chi connectivity index (χ0n) is 11.4. The second-order valence-corrected chi connectivity index (χ2v) is 5.93. The maximum atomic E-state index is 11.5. The van der Waals surface area contributed by atoms with Gasteiger partial charge in [-0.2, -0.15) is 0 Å². The predicted molar refractivity (Wildman–Crippen MR) is 73.3 cm³/mol. The standard InChI is InChI=1S/C14H21N3O2/c1-10-15-12(8-13(18)16-10)17-7-6-14(19)5-3-2-4-11(14)9-17/h8,11,19H,2-7,9H2,1H3,(H,15,16,18). The lowest BCUT2D eigenvalue weighted by atomic mass is 9.71. The second-order valence-electron chi connectivity index (χ2n) is 5.93. The van der Waals surface area contributed by atoms with Crippen molar-refractivity contribution >= 4 is 5.82 Å². The summed E-state index contributed by atoms with van der Waals surface area (Å²) < 4.78 is 0. The molecule has 19 heavy (non-hydrogen) atoms. The van der Waals surface area contributed by atoms with Gasteiger partial charge >= 0.3 is 0 Å². The Morgan fingerprint density at radius 1 is 1.47 bits per heavy atom. The summed E-state index contributed by atoms with van der Waals surface area (Å²) in [6.07, 6.45) is 5.12. The minimum absolute atomic E-state index is 0.105. The number of anilines is 1. The molecule has 2 fully saturated rings. The highest BCUT2D eigenvalue weighted by molar-refractivity contribution is 5.38. The highest BCUT2D eigenvalue weighted by Gasteiger charge is 2.42. The van der Waals surface area contributed by atoms with E-state index in [9.17, 15) is 9.90 Å². The molecule has 1 aliphatic heterocycles. The number of rotatable bonds is 1. The minimum Gasteiger partial charge on any atom is -0.389 e. The molecule has 5 heteroatoms. The monoisotopic (exact) mass is 263 g/mol. The third kappa shape index (κ3) is 2.39. The summed E-state index contributed by atoms with van der Waals surface area (Å²) in [6.45, 7) is 3.39. The first-order valence-corrected chi connectivity index (χ1v) is 7.12. The van der Waals surface area contributed by atoms with Crippen molar-refractivity contribution in [1.82, 2.24) is 9.97 Å². The average molecular weight is 263 g/mol. The van der Waals surface area contributed by atoms with Crippen molar-refractivity contribution in [2.75, 3.05) is 18.0 Å². The number of aliphatic hydroxyl groups is 1. The first-order chi connectivity index (χ1) is 9.07. The van der Waals surface area contributed by atoms with Crippen LogP contribution in [0.2, 0.25) is 0 Å². The number of piperidine rings is 1. The summed E-state index contributed by atoms with van der Waals surface area (Å²) in [6, 6.07) is 1.56. The van der Waals surface area contributed by atoms with Crippen LogP contribution in [0.4, 0.5) is 5.82 Å². The number of aromatic amines is 1. The molecule has 2 unspecified atom stereocenters. The normalized spacial score (nSPS) is 31.1. The van der Waals surface area contributed by atoms with E-state index < -0.39 is 5.60 Å². The van der Waals surface area contributed by atoms with Crippen molar-refractivity contribution in [2.24, 2.45) is 5.92 Å². The zero-order valence-corrected chi connectivity index (χ0v) is 11.4. The van der Waals surface area contributed by atoms with Gasteiger partial charge in [0.25, 0.3) is 5.56 Å². The van der Waals surface area contributed by atoms with Crippen molar-refractivity contribution < 1.29 is 5.11 Å². The van der Waals surface area contributed by atoms with Crippen LogP contribution in [0.5, 0.6) is 0 Å². The molecule has 0 bridgehead atoms. The topological polar surface area (TPSA) is 69.2 Å². The van der Waals surface area contributed by atoms with E-state index in [4.69, 9.17) is 0 Å². The highest BCUT2D eigenvalue weighted by Crippen LogP contribution is 2.40. The number of nitrogens with one attached hydrogen (secondary N) is 1. The molecule has 2 atom stereocenters. The summed E-state index contributed by atoms with van der Waals surface area (Å²) in [7, 11) is 0. The van der Waals surface area contributed by atoms with Crippen LogP contribution in [0, 0.1) is 12.8 Å². The molecule has 0 amide bonds. The molecule has 5 nitrogen and oxygen atoms in total. The fourth-order valence-corrected chi connectivity index (χ4v) is 3.50. The Balaban J connectivity index is 1.82. The van der Waals surface area contributed by atoms with Gasteiger partial charge in [-0.3, -0.25) is 4.79 Å². The first kappa shape index (κ1) is 12.7. The maximum Gasteiger partial charge on any atom is 0.252 e.